The highest BCUT2D eigenvalue weighted by atomic mass is 16.4. The molecular formula is C22H19N7O3. The third kappa shape index (κ3) is 3.85. The number of fused-ring (bicyclic) bond motifs is 2. The van der Waals surface area contributed by atoms with Gasteiger partial charge in [-0.05, 0) is 42.7 Å². The fourth-order valence-corrected chi connectivity index (χ4v) is 3.62. The fraction of sp³-hybridized carbons (Fsp3) is 0.182. The van der Waals surface area contributed by atoms with Crippen molar-refractivity contribution < 1.29 is 9.21 Å². The van der Waals surface area contributed by atoms with Crippen molar-refractivity contribution >= 4 is 28.8 Å². The lowest BCUT2D eigenvalue weighted by Crippen LogP contribution is -2.25. The van der Waals surface area contributed by atoms with Gasteiger partial charge in [0.25, 0.3) is 5.91 Å². The minimum Gasteiger partial charge on any atom is -0.426 e. The van der Waals surface area contributed by atoms with E-state index in [2.05, 4.69) is 38.1 Å². The van der Waals surface area contributed by atoms with Crippen LogP contribution in [0.15, 0.2) is 69.2 Å². The number of benzene rings is 1. The van der Waals surface area contributed by atoms with Crippen molar-refractivity contribution in [2.75, 3.05) is 10.7 Å². The van der Waals surface area contributed by atoms with Gasteiger partial charge in [0, 0.05) is 17.5 Å². The van der Waals surface area contributed by atoms with Crippen LogP contribution in [-0.4, -0.2) is 31.4 Å². The molecule has 1 aliphatic rings. The van der Waals surface area contributed by atoms with Crippen LogP contribution in [0.4, 0.5) is 11.5 Å². The molecule has 2 N–H and O–H groups in total. The van der Waals surface area contributed by atoms with Gasteiger partial charge in [0.1, 0.15) is 17.8 Å². The summed E-state index contributed by atoms with van der Waals surface area (Å²) < 4.78 is 7.09. The molecule has 10 nitrogen and oxygen atoms in total. The maximum atomic E-state index is 12.5. The standard InChI is InChI=1S/C22H19N7O3/c1-13-9-16(25-26-19-7-8-20-27-23-12-29(20)28-19)15-11-17(22(31)32-18(15)10-13)24-21(30)14-5-3-2-4-6-14/h2-8,11-13H,9-10H2,1H3,(H,24,30)(H,26,28)/b25-16+. The first kappa shape index (κ1) is 19.6. The quantitative estimate of drug-likeness (QED) is 0.478. The molecule has 0 aliphatic heterocycles. The van der Waals surface area contributed by atoms with E-state index in [-0.39, 0.29) is 17.5 Å². The molecule has 1 atom stereocenters. The predicted octanol–water partition coefficient (Wildman–Crippen LogP) is 2.73. The highest BCUT2D eigenvalue weighted by Gasteiger charge is 2.25. The Kier molecular flexibility index (Phi) is 4.94. The topological polar surface area (TPSA) is 127 Å². The van der Waals surface area contributed by atoms with E-state index in [0.717, 1.165) is 0 Å². The Morgan fingerprint density at radius 3 is 2.88 bits per heavy atom. The van der Waals surface area contributed by atoms with Gasteiger partial charge in [0.15, 0.2) is 11.5 Å². The zero-order valence-corrected chi connectivity index (χ0v) is 17.1. The predicted molar refractivity (Wildman–Crippen MR) is 118 cm³/mol. The average Bonchev–Trinajstić information content (AvgIpc) is 3.26. The number of aromatic nitrogens is 4. The zero-order chi connectivity index (χ0) is 22.1. The van der Waals surface area contributed by atoms with Crippen LogP contribution in [0.3, 0.4) is 0 Å². The van der Waals surface area contributed by atoms with Gasteiger partial charge in [-0.15, -0.1) is 15.3 Å². The van der Waals surface area contributed by atoms with Gasteiger partial charge < -0.3 is 9.73 Å². The number of carbonyl (C=O) groups is 1. The van der Waals surface area contributed by atoms with Gasteiger partial charge in [0.2, 0.25) is 0 Å². The highest BCUT2D eigenvalue weighted by Crippen LogP contribution is 2.27. The number of amides is 1. The maximum Gasteiger partial charge on any atom is 0.359 e. The summed E-state index contributed by atoms with van der Waals surface area (Å²) in [7, 11) is 0. The molecule has 1 aliphatic carbocycles. The van der Waals surface area contributed by atoms with Crippen LogP contribution >= 0.6 is 0 Å². The van der Waals surface area contributed by atoms with E-state index in [4.69, 9.17) is 4.42 Å². The molecule has 3 heterocycles. The second kappa shape index (κ2) is 8.06. The summed E-state index contributed by atoms with van der Waals surface area (Å²) in [6.07, 6.45) is 2.79. The Morgan fingerprint density at radius 2 is 2.03 bits per heavy atom. The molecule has 0 radical (unpaired) electrons. The molecule has 5 rings (SSSR count). The zero-order valence-electron chi connectivity index (χ0n) is 17.1. The lowest BCUT2D eigenvalue weighted by molar-refractivity contribution is 0.102. The number of nitrogens with zero attached hydrogens (tertiary/aromatic N) is 5. The summed E-state index contributed by atoms with van der Waals surface area (Å²) in [5.74, 6) is 0.920. The SMILES string of the molecule is CC1C/C(=N\Nc2ccc3nncn3n2)c2cc(NC(=O)c3ccccc3)c(=O)oc2C1. The van der Waals surface area contributed by atoms with E-state index < -0.39 is 5.63 Å². The number of hydrogen-bond acceptors (Lipinski definition) is 8. The molecule has 3 aromatic heterocycles. The molecule has 0 fully saturated rings. The molecule has 1 amide bonds. The number of hydrogen-bond donors (Lipinski definition) is 2. The number of anilines is 2. The molecule has 10 heteroatoms. The van der Waals surface area contributed by atoms with E-state index >= 15 is 0 Å². The lowest BCUT2D eigenvalue weighted by atomic mass is 9.87. The molecule has 32 heavy (non-hydrogen) atoms. The summed E-state index contributed by atoms with van der Waals surface area (Å²) in [4.78, 5) is 25.0. The van der Waals surface area contributed by atoms with Crippen molar-refractivity contribution in [3.63, 3.8) is 0 Å². The lowest BCUT2D eigenvalue weighted by Gasteiger charge is -2.22. The smallest absolute Gasteiger partial charge is 0.359 e. The molecule has 1 aromatic carbocycles. The van der Waals surface area contributed by atoms with Crippen LogP contribution in [0.5, 0.6) is 0 Å². The Bertz CT molecular complexity index is 1390. The van der Waals surface area contributed by atoms with Gasteiger partial charge in [-0.2, -0.15) is 9.62 Å². The fourth-order valence-electron chi connectivity index (χ4n) is 3.62. The van der Waals surface area contributed by atoms with Crippen LogP contribution in [0.1, 0.15) is 35.0 Å². The minimum atomic E-state index is -0.589. The van der Waals surface area contributed by atoms with E-state index in [1.165, 1.54) is 10.8 Å². The first-order valence-electron chi connectivity index (χ1n) is 10.1. The molecular weight excluding hydrogens is 410 g/mol. The maximum absolute atomic E-state index is 12.5. The van der Waals surface area contributed by atoms with Gasteiger partial charge in [0.05, 0.1) is 5.71 Å². The Balaban J connectivity index is 1.45. The van der Waals surface area contributed by atoms with E-state index in [0.29, 0.717) is 46.9 Å². The van der Waals surface area contributed by atoms with Gasteiger partial charge >= 0.3 is 5.63 Å². The second-order valence-corrected chi connectivity index (χ2v) is 7.64. The van der Waals surface area contributed by atoms with Crippen LogP contribution in [-0.2, 0) is 6.42 Å². The first-order valence-corrected chi connectivity index (χ1v) is 10.1. The monoisotopic (exact) mass is 429 g/mol. The van der Waals surface area contributed by atoms with Crippen LogP contribution in [0.2, 0.25) is 0 Å². The van der Waals surface area contributed by atoms with E-state index in [9.17, 15) is 9.59 Å². The van der Waals surface area contributed by atoms with Crippen LogP contribution < -0.4 is 16.4 Å². The van der Waals surface area contributed by atoms with E-state index in [1.807, 2.05) is 6.07 Å². The molecule has 0 bridgehead atoms. The highest BCUT2D eigenvalue weighted by molar-refractivity contribution is 6.06. The summed E-state index contributed by atoms with van der Waals surface area (Å²) >= 11 is 0. The average molecular weight is 429 g/mol. The van der Waals surface area contributed by atoms with Crippen LogP contribution in [0, 0.1) is 5.92 Å². The third-order valence-electron chi connectivity index (χ3n) is 5.16. The van der Waals surface area contributed by atoms with Crippen LogP contribution in [0.25, 0.3) is 5.65 Å². The second-order valence-electron chi connectivity index (χ2n) is 7.64. The first-order chi connectivity index (χ1) is 15.6. The summed E-state index contributed by atoms with van der Waals surface area (Å²) in [6, 6.07) is 13.8. The molecule has 160 valence electrons. The van der Waals surface area contributed by atoms with Crippen molar-refractivity contribution in [2.24, 2.45) is 11.0 Å². The van der Waals surface area contributed by atoms with Gasteiger partial charge in [-0.3, -0.25) is 10.2 Å². The molecule has 0 spiro atoms. The largest absolute Gasteiger partial charge is 0.426 e. The number of nitrogens with one attached hydrogen (secondary N) is 2. The van der Waals surface area contributed by atoms with Gasteiger partial charge in [-0.1, -0.05) is 25.1 Å². The van der Waals surface area contributed by atoms with Gasteiger partial charge in [-0.25, -0.2) is 4.79 Å². The Hall–Kier alpha value is -4.34. The normalized spacial score (nSPS) is 16.7. The van der Waals surface area contributed by atoms with E-state index in [1.54, 1.807) is 42.5 Å². The molecule has 4 aromatic rings. The summed E-state index contributed by atoms with van der Waals surface area (Å²) in [5, 5.41) is 19.2. The number of rotatable bonds is 4. The van der Waals surface area contributed by atoms with Crippen molar-refractivity contribution in [1.29, 1.82) is 0 Å². The Labute approximate surface area is 182 Å². The third-order valence-corrected chi connectivity index (χ3v) is 5.16. The Morgan fingerprint density at radius 1 is 1.19 bits per heavy atom. The van der Waals surface area contributed by atoms with Crippen molar-refractivity contribution in [3.8, 4) is 0 Å². The van der Waals surface area contributed by atoms with Crippen molar-refractivity contribution in [1.82, 2.24) is 19.8 Å². The molecule has 0 saturated heterocycles. The molecule has 0 saturated carbocycles. The minimum absolute atomic E-state index is 0.0730. The summed E-state index contributed by atoms with van der Waals surface area (Å²) in [6.45, 7) is 2.06. The summed E-state index contributed by atoms with van der Waals surface area (Å²) in [5.41, 5.74) is 4.91. The van der Waals surface area contributed by atoms with Crippen molar-refractivity contribution in [3.05, 3.63) is 82.2 Å². The van der Waals surface area contributed by atoms with Crippen molar-refractivity contribution in [2.45, 2.75) is 19.8 Å². The number of carbonyl (C=O) groups excluding carboxylic acids is 1. The number of hydrazone groups is 1. The molecule has 1 unspecified atom stereocenters.